The van der Waals surface area contributed by atoms with E-state index >= 15 is 0 Å². The number of carboxylic acid groups (broad SMARTS) is 1. The number of thioether (sulfide) groups is 1. The van der Waals surface area contributed by atoms with Crippen molar-refractivity contribution in [2.45, 2.75) is 11.7 Å². The molecule has 1 rings (SSSR count). The molecule has 0 spiro atoms. The molecule has 1 fully saturated rings. The Labute approximate surface area is 65.7 Å². The molecule has 0 aromatic heterocycles. The number of carbonyl (C=O) groups excluding carboxylic acids is 2. The molecule has 6 heteroatoms. The summed E-state index contributed by atoms with van der Waals surface area (Å²) in [4.78, 5) is 31.0. The highest BCUT2D eigenvalue weighted by Gasteiger charge is 2.35. The minimum atomic E-state index is -1.18. The Morgan fingerprint density at radius 1 is 1.64 bits per heavy atom. The quantitative estimate of drug-likeness (QED) is 0.455. The molecule has 0 aromatic carbocycles. The minimum Gasteiger partial charge on any atom is -0.473 e. The zero-order chi connectivity index (χ0) is 8.43. The summed E-state index contributed by atoms with van der Waals surface area (Å²) < 4.78 is 4.11. The lowest BCUT2D eigenvalue weighted by Crippen LogP contribution is -2.11. The Morgan fingerprint density at radius 2 is 2.27 bits per heavy atom. The highest BCUT2D eigenvalue weighted by Crippen LogP contribution is 2.22. The van der Waals surface area contributed by atoms with Crippen molar-refractivity contribution in [3.63, 3.8) is 0 Å². The summed E-state index contributed by atoms with van der Waals surface area (Å²) in [6.45, 7) is 0. The summed E-state index contributed by atoms with van der Waals surface area (Å²) in [7, 11) is 0. The van der Waals surface area contributed by atoms with Gasteiger partial charge in [0.2, 0.25) is 0 Å². The van der Waals surface area contributed by atoms with Gasteiger partial charge in [0.15, 0.2) is 0 Å². The van der Waals surface area contributed by atoms with Gasteiger partial charge in [-0.25, -0.2) is 4.79 Å². The van der Waals surface area contributed by atoms with Crippen molar-refractivity contribution in [1.82, 2.24) is 0 Å². The third-order valence-corrected chi connectivity index (χ3v) is 1.92. The first-order valence-electron chi connectivity index (χ1n) is 2.73. The largest absolute Gasteiger partial charge is 0.473 e. The SMILES string of the molecule is O=C1CC(SC(=O)O)C(=O)O1. The summed E-state index contributed by atoms with van der Waals surface area (Å²) in [6, 6.07) is 0. The van der Waals surface area contributed by atoms with Gasteiger partial charge in [-0.05, 0) is 11.8 Å². The van der Waals surface area contributed by atoms with E-state index in [2.05, 4.69) is 4.74 Å². The van der Waals surface area contributed by atoms with Crippen LogP contribution in [0.25, 0.3) is 0 Å². The van der Waals surface area contributed by atoms with Crippen molar-refractivity contribution in [3.8, 4) is 0 Å². The predicted octanol–water partition coefficient (Wildman–Crippen LogP) is 0.240. The van der Waals surface area contributed by atoms with Crippen LogP contribution in [0.2, 0.25) is 0 Å². The van der Waals surface area contributed by atoms with E-state index in [9.17, 15) is 14.4 Å². The van der Waals surface area contributed by atoms with Gasteiger partial charge in [-0.2, -0.15) is 0 Å². The first kappa shape index (κ1) is 8.06. The molecular weight excluding hydrogens is 172 g/mol. The van der Waals surface area contributed by atoms with Crippen LogP contribution in [0.15, 0.2) is 0 Å². The first-order valence-corrected chi connectivity index (χ1v) is 3.61. The molecule has 1 N–H and O–H groups in total. The summed E-state index contributed by atoms with van der Waals surface area (Å²) in [5.74, 6) is -1.42. The smallest absolute Gasteiger partial charge is 0.365 e. The molecule has 0 aromatic rings. The van der Waals surface area contributed by atoms with Crippen LogP contribution in [0.3, 0.4) is 0 Å². The van der Waals surface area contributed by atoms with Gasteiger partial charge < -0.3 is 9.84 Å². The van der Waals surface area contributed by atoms with Crippen LogP contribution in [0.1, 0.15) is 6.42 Å². The predicted molar refractivity (Wildman–Crippen MR) is 35.1 cm³/mol. The number of hydrogen-bond donors (Lipinski definition) is 1. The van der Waals surface area contributed by atoms with E-state index in [1.807, 2.05) is 0 Å². The Balaban J connectivity index is 2.53. The molecule has 60 valence electrons. The second-order valence-corrected chi connectivity index (χ2v) is 3.02. The highest BCUT2D eigenvalue weighted by atomic mass is 32.2. The van der Waals surface area contributed by atoms with Gasteiger partial charge in [-0.15, -0.1) is 0 Å². The number of hydrogen-bond acceptors (Lipinski definition) is 5. The van der Waals surface area contributed by atoms with Crippen molar-refractivity contribution in [1.29, 1.82) is 0 Å². The van der Waals surface area contributed by atoms with Crippen molar-refractivity contribution in [2.75, 3.05) is 0 Å². The zero-order valence-corrected chi connectivity index (χ0v) is 6.09. The second-order valence-electron chi connectivity index (χ2n) is 1.87. The average Bonchev–Trinajstić information content (AvgIpc) is 2.09. The molecule has 1 saturated heterocycles. The summed E-state index contributed by atoms with van der Waals surface area (Å²) >= 11 is 0.395. The minimum absolute atomic E-state index is 0.143. The molecule has 5 nitrogen and oxygen atoms in total. The van der Waals surface area contributed by atoms with Crippen LogP contribution in [-0.2, 0) is 14.3 Å². The third-order valence-electron chi connectivity index (χ3n) is 1.07. The van der Waals surface area contributed by atoms with Gasteiger partial charge in [0.1, 0.15) is 5.25 Å². The van der Waals surface area contributed by atoms with Crippen molar-refractivity contribution >= 4 is 29.0 Å². The first-order chi connectivity index (χ1) is 5.09. The molecule has 1 unspecified atom stereocenters. The van der Waals surface area contributed by atoms with Gasteiger partial charge in [-0.3, -0.25) is 9.59 Å². The van der Waals surface area contributed by atoms with E-state index < -0.39 is 22.5 Å². The molecule has 0 saturated carbocycles. The van der Waals surface area contributed by atoms with Crippen molar-refractivity contribution in [2.24, 2.45) is 0 Å². The number of carbonyl (C=O) groups is 3. The topological polar surface area (TPSA) is 80.7 Å². The molecule has 1 atom stereocenters. The maximum absolute atomic E-state index is 10.6. The molecule has 0 bridgehead atoms. The lowest BCUT2D eigenvalue weighted by Gasteiger charge is -1.95. The van der Waals surface area contributed by atoms with Gasteiger partial charge >= 0.3 is 17.2 Å². The van der Waals surface area contributed by atoms with Crippen LogP contribution in [0.5, 0.6) is 0 Å². The fraction of sp³-hybridized carbons (Fsp3) is 0.400. The average molecular weight is 176 g/mol. The van der Waals surface area contributed by atoms with Crippen LogP contribution in [0, 0.1) is 0 Å². The number of cyclic esters (lactones) is 2. The normalized spacial score (nSPS) is 23.5. The van der Waals surface area contributed by atoms with E-state index in [0.717, 1.165) is 0 Å². The Hall–Kier alpha value is -1.04. The maximum atomic E-state index is 10.6. The zero-order valence-electron chi connectivity index (χ0n) is 5.27. The number of esters is 2. The Bertz CT molecular complexity index is 223. The molecule has 11 heavy (non-hydrogen) atoms. The number of rotatable bonds is 1. The summed E-state index contributed by atoms with van der Waals surface area (Å²) in [5.41, 5.74) is 0. The van der Waals surface area contributed by atoms with Crippen molar-refractivity contribution < 1.29 is 24.2 Å². The fourth-order valence-electron chi connectivity index (χ4n) is 0.666. The van der Waals surface area contributed by atoms with E-state index in [-0.39, 0.29) is 6.42 Å². The monoisotopic (exact) mass is 176 g/mol. The fourth-order valence-corrected chi connectivity index (χ4v) is 1.27. The molecule has 1 heterocycles. The second kappa shape index (κ2) is 2.91. The van der Waals surface area contributed by atoms with E-state index in [0.29, 0.717) is 11.8 Å². The Kier molecular flexibility index (Phi) is 2.13. The van der Waals surface area contributed by atoms with Crippen LogP contribution < -0.4 is 0 Å². The Morgan fingerprint density at radius 3 is 2.64 bits per heavy atom. The number of ether oxygens (including phenoxy) is 1. The standard InChI is InChI=1S/C5H4O5S/c6-3-1-2(4(7)10-3)11-5(8)9/h2H,1H2,(H,8,9). The highest BCUT2D eigenvalue weighted by molar-refractivity contribution is 8.14. The lowest BCUT2D eigenvalue weighted by atomic mass is 10.4. The summed E-state index contributed by atoms with van der Waals surface area (Å²) in [6.07, 6.45) is -0.143. The van der Waals surface area contributed by atoms with Crippen molar-refractivity contribution in [3.05, 3.63) is 0 Å². The van der Waals surface area contributed by atoms with E-state index in [1.54, 1.807) is 0 Å². The molecule has 0 amide bonds. The summed E-state index contributed by atoms with van der Waals surface area (Å²) in [5, 5.41) is 6.18. The lowest BCUT2D eigenvalue weighted by molar-refractivity contribution is -0.151. The molecule has 1 aliphatic heterocycles. The molecule has 1 aliphatic rings. The van der Waals surface area contributed by atoms with Crippen LogP contribution in [-0.4, -0.2) is 27.6 Å². The van der Waals surface area contributed by atoms with Gasteiger partial charge in [0, 0.05) is 0 Å². The van der Waals surface area contributed by atoms with E-state index in [1.165, 1.54) is 0 Å². The van der Waals surface area contributed by atoms with Crippen LogP contribution >= 0.6 is 11.8 Å². The molecule has 0 aliphatic carbocycles. The van der Waals surface area contributed by atoms with Gasteiger partial charge in [-0.1, -0.05) is 0 Å². The maximum Gasteiger partial charge on any atom is 0.365 e. The molecule has 0 radical (unpaired) electrons. The van der Waals surface area contributed by atoms with Gasteiger partial charge in [0.05, 0.1) is 6.42 Å². The van der Waals surface area contributed by atoms with E-state index in [4.69, 9.17) is 5.11 Å². The molecular formula is C5H4O5S. The van der Waals surface area contributed by atoms with Gasteiger partial charge in [0.25, 0.3) is 0 Å². The van der Waals surface area contributed by atoms with Crippen LogP contribution in [0.4, 0.5) is 4.79 Å². The third kappa shape index (κ3) is 1.94.